The summed E-state index contributed by atoms with van der Waals surface area (Å²) >= 11 is 7.61. The van der Waals surface area contributed by atoms with Crippen molar-refractivity contribution in [2.45, 2.75) is 51.1 Å². The fraction of sp³-hybridized carbons (Fsp3) is 0.333. The summed E-state index contributed by atoms with van der Waals surface area (Å²) in [6.07, 6.45) is 0.800. The molecule has 4 nitrogen and oxygen atoms in total. The van der Waals surface area contributed by atoms with E-state index < -0.39 is 6.04 Å². The van der Waals surface area contributed by atoms with Crippen LogP contribution in [0, 0.1) is 12.8 Å². The van der Waals surface area contributed by atoms with E-state index in [1.165, 1.54) is 0 Å². The van der Waals surface area contributed by atoms with E-state index >= 15 is 0 Å². The standard InChI is InChI=1S/C30H35ClN2O2S/c1-22(2)20-32-30(35)28(19-24-9-5-4-6-10-24)33(21-25-11-7-8-23(3)18-25)29(34)16-17-36-27-14-12-26(31)13-15-27/h4-15,18,22,28H,16-17,19-21H2,1-3H3,(H,32,35). The lowest BCUT2D eigenvalue weighted by Crippen LogP contribution is -2.51. The number of hydrogen-bond acceptors (Lipinski definition) is 3. The maximum Gasteiger partial charge on any atom is 0.243 e. The van der Waals surface area contributed by atoms with Crippen LogP contribution in [0.3, 0.4) is 0 Å². The Hall–Kier alpha value is -2.76. The van der Waals surface area contributed by atoms with E-state index in [-0.39, 0.29) is 11.8 Å². The quantitative estimate of drug-likeness (QED) is 0.275. The van der Waals surface area contributed by atoms with Crippen LogP contribution >= 0.6 is 23.4 Å². The molecule has 190 valence electrons. The fourth-order valence-electron chi connectivity index (χ4n) is 3.91. The fourth-order valence-corrected chi connectivity index (χ4v) is 4.88. The minimum absolute atomic E-state index is 0.0291. The van der Waals surface area contributed by atoms with Gasteiger partial charge in [0.1, 0.15) is 6.04 Å². The van der Waals surface area contributed by atoms with Crippen molar-refractivity contribution in [2.24, 2.45) is 5.92 Å². The molecule has 3 aromatic rings. The number of nitrogens with one attached hydrogen (secondary N) is 1. The summed E-state index contributed by atoms with van der Waals surface area (Å²) in [5.74, 6) is 0.803. The number of halogens is 1. The van der Waals surface area contributed by atoms with Gasteiger partial charge in [0.15, 0.2) is 0 Å². The van der Waals surface area contributed by atoms with Crippen LogP contribution < -0.4 is 5.32 Å². The van der Waals surface area contributed by atoms with Gasteiger partial charge in [-0.15, -0.1) is 11.8 Å². The third-order valence-electron chi connectivity index (χ3n) is 5.79. The number of thioether (sulfide) groups is 1. The van der Waals surface area contributed by atoms with Crippen molar-refractivity contribution in [3.63, 3.8) is 0 Å². The molecule has 0 saturated heterocycles. The normalized spacial score (nSPS) is 11.8. The molecule has 36 heavy (non-hydrogen) atoms. The Bertz CT molecular complexity index is 1120. The van der Waals surface area contributed by atoms with Crippen molar-refractivity contribution >= 4 is 35.2 Å². The van der Waals surface area contributed by atoms with Gasteiger partial charge in [-0.05, 0) is 48.2 Å². The zero-order valence-corrected chi connectivity index (χ0v) is 22.8. The van der Waals surface area contributed by atoms with Gasteiger partial charge in [0.05, 0.1) is 0 Å². The Morgan fingerprint density at radius 1 is 0.944 bits per heavy atom. The first kappa shape index (κ1) is 27.8. The zero-order valence-electron chi connectivity index (χ0n) is 21.2. The summed E-state index contributed by atoms with van der Waals surface area (Å²) in [6.45, 7) is 7.13. The lowest BCUT2D eigenvalue weighted by Gasteiger charge is -2.32. The molecule has 3 rings (SSSR count). The summed E-state index contributed by atoms with van der Waals surface area (Å²) in [6, 6.07) is 25.1. The van der Waals surface area contributed by atoms with Crippen molar-refractivity contribution in [1.82, 2.24) is 10.2 Å². The number of hydrogen-bond donors (Lipinski definition) is 1. The van der Waals surface area contributed by atoms with E-state index in [1.54, 1.807) is 16.7 Å². The van der Waals surface area contributed by atoms with Crippen molar-refractivity contribution in [3.8, 4) is 0 Å². The van der Waals surface area contributed by atoms with Gasteiger partial charge in [-0.3, -0.25) is 9.59 Å². The summed E-state index contributed by atoms with van der Waals surface area (Å²) in [5, 5.41) is 3.76. The lowest BCUT2D eigenvalue weighted by molar-refractivity contribution is -0.141. The molecule has 0 aromatic heterocycles. The molecule has 0 bridgehead atoms. The minimum Gasteiger partial charge on any atom is -0.354 e. The number of benzene rings is 3. The van der Waals surface area contributed by atoms with Crippen LogP contribution in [0.5, 0.6) is 0 Å². The lowest BCUT2D eigenvalue weighted by atomic mass is 10.0. The zero-order chi connectivity index (χ0) is 25.9. The van der Waals surface area contributed by atoms with E-state index in [1.807, 2.05) is 79.7 Å². The molecule has 0 saturated carbocycles. The van der Waals surface area contributed by atoms with Gasteiger partial charge in [-0.25, -0.2) is 0 Å². The molecule has 0 aliphatic heterocycles. The highest BCUT2D eigenvalue weighted by Gasteiger charge is 2.30. The Kier molecular flexibility index (Phi) is 10.9. The molecule has 2 amide bonds. The van der Waals surface area contributed by atoms with Gasteiger partial charge in [0, 0.05) is 41.6 Å². The number of nitrogens with zero attached hydrogens (tertiary/aromatic N) is 1. The molecule has 6 heteroatoms. The van der Waals surface area contributed by atoms with Crippen LogP contribution in [0.2, 0.25) is 5.02 Å². The smallest absolute Gasteiger partial charge is 0.243 e. The predicted molar refractivity (Wildman–Crippen MR) is 150 cm³/mol. The van der Waals surface area contributed by atoms with Crippen LogP contribution in [0.4, 0.5) is 0 Å². The summed E-state index contributed by atoms with van der Waals surface area (Å²) in [4.78, 5) is 29.9. The second kappa shape index (κ2) is 14.1. The first-order chi connectivity index (χ1) is 17.3. The Morgan fingerprint density at radius 2 is 1.64 bits per heavy atom. The minimum atomic E-state index is -0.598. The number of carbonyl (C=O) groups excluding carboxylic acids is 2. The van der Waals surface area contributed by atoms with Gasteiger partial charge < -0.3 is 10.2 Å². The van der Waals surface area contributed by atoms with E-state index in [0.29, 0.717) is 42.6 Å². The molecule has 3 aromatic carbocycles. The van der Waals surface area contributed by atoms with Crippen molar-refractivity contribution in [1.29, 1.82) is 0 Å². The van der Waals surface area contributed by atoms with Crippen LogP contribution in [-0.2, 0) is 22.6 Å². The van der Waals surface area contributed by atoms with E-state index in [4.69, 9.17) is 11.6 Å². The number of carbonyl (C=O) groups is 2. The summed E-state index contributed by atoms with van der Waals surface area (Å²) < 4.78 is 0. The summed E-state index contributed by atoms with van der Waals surface area (Å²) in [5.41, 5.74) is 3.17. The maximum atomic E-state index is 13.7. The molecule has 1 unspecified atom stereocenters. The average Bonchev–Trinajstić information content (AvgIpc) is 2.86. The molecule has 0 aliphatic carbocycles. The monoisotopic (exact) mass is 522 g/mol. The average molecular weight is 523 g/mol. The molecular formula is C30H35ClN2O2S. The Morgan fingerprint density at radius 3 is 2.31 bits per heavy atom. The van der Waals surface area contributed by atoms with Gasteiger partial charge in [0.25, 0.3) is 0 Å². The van der Waals surface area contributed by atoms with Crippen molar-refractivity contribution in [2.75, 3.05) is 12.3 Å². The van der Waals surface area contributed by atoms with E-state index in [9.17, 15) is 9.59 Å². The second-order valence-electron chi connectivity index (χ2n) is 9.41. The van der Waals surface area contributed by atoms with E-state index in [0.717, 1.165) is 21.6 Å². The van der Waals surface area contributed by atoms with Crippen LogP contribution in [0.15, 0.2) is 83.8 Å². The highest BCUT2D eigenvalue weighted by Crippen LogP contribution is 2.23. The Labute approximate surface area is 224 Å². The topological polar surface area (TPSA) is 49.4 Å². The second-order valence-corrected chi connectivity index (χ2v) is 11.0. The number of rotatable bonds is 12. The molecule has 0 fully saturated rings. The van der Waals surface area contributed by atoms with Crippen molar-refractivity contribution in [3.05, 3.63) is 101 Å². The molecule has 0 heterocycles. The van der Waals surface area contributed by atoms with Crippen LogP contribution in [-0.4, -0.2) is 35.1 Å². The summed E-state index contributed by atoms with van der Waals surface area (Å²) in [7, 11) is 0. The highest BCUT2D eigenvalue weighted by molar-refractivity contribution is 7.99. The van der Waals surface area contributed by atoms with Gasteiger partial charge >= 0.3 is 0 Å². The van der Waals surface area contributed by atoms with Crippen molar-refractivity contribution < 1.29 is 9.59 Å². The Balaban J connectivity index is 1.83. The van der Waals surface area contributed by atoms with E-state index in [2.05, 4.69) is 25.2 Å². The van der Waals surface area contributed by atoms with Gasteiger partial charge in [-0.2, -0.15) is 0 Å². The van der Waals surface area contributed by atoms with Crippen LogP contribution in [0.1, 0.15) is 37.0 Å². The highest BCUT2D eigenvalue weighted by atomic mass is 35.5. The largest absolute Gasteiger partial charge is 0.354 e. The van der Waals surface area contributed by atoms with Gasteiger partial charge in [0.2, 0.25) is 11.8 Å². The number of aryl methyl sites for hydroxylation is 1. The van der Waals surface area contributed by atoms with Crippen LogP contribution in [0.25, 0.3) is 0 Å². The molecule has 1 atom stereocenters. The molecular weight excluding hydrogens is 488 g/mol. The molecule has 1 N–H and O–H groups in total. The molecule has 0 spiro atoms. The third kappa shape index (κ3) is 9.03. The first-order valence-corrected chi connectivity index (χ1v) is 13.7. The maximum absolute atomic E-state index is 13.7. The van der Waals surface area contributed by atoms with Gasteiger partial charge in [-0.1, -0.05) is 85.6 Å². The number of amides is 2. The third-order valence-corrected chi connectivity index (χ3v) is 7.06. The molecule has 0 radical (unpaired) electrons. The molecule has 0 aliphatic rings. The first-order valence-electron chi connectivity index (χ1n) is 12.4. The SMILES string of the molecule is Cc1cccc(CN(C(=O)CCSc2ccc(Cl)cc2)C(Cc2ccccc2)C(=O)NCC(C)C)c1. The predicted octanol–water partition coefficient (Wildman–Crippen LogP) is 6.54.